The molecule has 0 radical (unpaired) electrons. The number of ether oxygens (including phenoxy) is 1. The summed E-state index contributed by atoms with van der Waals surface area (Å²) in [5.41, 5.74) is 8.25. The molecule has 1 saturated carbocycles. The van der Waals surface area contributed by atoms with Gasteiger partial charge in [-0.3, -0.25) is 5.43 Å². The minimum absolute atomic E-state index is 0.490. The van der Waals surface area contributed by atoms with Gasteiger partial charge in [0, 0.05) is 24.8 Å². The molecule has 1 aliphatic heterocycles. The van der Waals surface area contributed by atoms with Crippen LogP contribution in [0.3, 0.4) is 0 Å². The van der Waals surface area contributed by atoms with E-state index in [1.165, 1.54) is 54.5 Å². The van der Waals surface area contributed by atoms with Gasteiger partial charge in [-0.2, -0.15) is 5.10 Å². The highest BCUT2D eigenvalue weighted by Crippen LogP contribution is 2.34. The molecule has 30 heavy (non-hydrogen) atoms. The first-order valence-electron chi connectivity index (χ1n) is 11.2. The number of hydrogen-bond acceptors (Lipinski definition) is 4. The summed E-state index contributed by atoms with van der Waals surface area (Å²) in [5.74, 6) is 0. The molecule has 0 unspecified atom stereocenters. The molecule has 1 saturated heterocycles. The van der Waals surface area contributed by atoms with Crippen LogP contribution in [0.25, 0.3) is 6.08 Å². The maximum atomic E-state index is 5.58. The van der Waals surface area contributed by atoms with Gasteiger partial charge in [-0.05, 0) is 60.7 Å². The summed E-state index contributed by atoms with van der Waals surface area (Å²) in [6.07, 6.45) is 12.6. The van der Waals surface area contributed by atoms with Crippen molar-refractivity contribution >= 4 is 29.6 Å². The van der Waals surface area contributed by atoms with Crippen molar-refractivity contribution in [3.63, 3.8) is 0 Å². The number of benzene rings is 1. The number of nitrogens with zero attached hydrogens (tertiary/aromatic N) is 2. The number of hydrogen-bond donors (Lipinski definition) is 2. The Balaban J connectivity index is 1.46. The van der Waals surface area contributed by atoms with Gasteiger partial charge in [-0.15, -0.1) is 0 Å². The Morgan fingerprint density at radius 3 is 2.60 bits per heavy atom. The van der Waals surface area contributed by atoms with E-state index in [0.717, 1.165) is 39.1 Å². The van der Waals surface area contributed by atoms with E-state index in [4.69, 9.17) is 17.0 Å². The number of thiocarbonyl (C=S) groups is 1. The first kappa shape index (κ1) is 21.1. The summed E-state index contributed by atoms with van der Waals surface area (Å²) in [4.78, 5) is 2.45. The van der Waals surface area contributed by atoms with Gasteiger partial charge in [0.15, 0.2) is 5.11 Å². The van der Waals surface area contributed by atoms with Crippen molar-refractivity contribution < 1.29 is 4.74 Å². The summed E-state index contributed by atoms with van der Waals surface area (Å²) < 4.78 is 5.58. The molecule has 5 nitrogen and oxygen atoms in total. The van der Waals surface area contributed by atoms with Gasteiger partial charge >= 0.3 is 0 Å². The normalized spacial score (nSPS) is 22.1. The first-order chi connectivity index (χ1) is 14.8. The molecule has 1 heterocycles. The van der Waals surface area contributed by atoms with Crippen LogP contribution in [0.4, 0.5) is 0 Å². The zero-order valence-electron chi connectivity index (χ0n) is 17.6. The van der Waals surface area contributed by atoms with Crippen molar-refractivity contribution in [2.75, 3.05) is 26.3 Å². The van der Waals surface area contributed by atoms with Gasteiger partial charge in [0.2, 0.25) is 0 Å². The number of rotatable bonds is 5. The number of allylic oxidation sites excluding steroid dienone is 2. The summed E-state index contributed by atoms with van der Waals surface area (Å²) in [5, 5.41) is 8.53. The lowest BCUT2D eigenvalue weighted by Gasteiger charge is -2.31. The van der Waals surface area contributed by atoms with Gasteiger partial charge in [-0.25, -0.2) is 0 Å². The fourth-order valence-corrected chi connectivity index (χ4v) is 4.77. The molecule has 1 aromatic carbocycles. The molecule has 0 bridgehead atoms. The van der Waals surface area contributed by atoms with E-state index in [1.807, 2.05) is 6.21 Å². The minimum Gasteiger partial charge on any atom is -0.378 e. The van der Waals surface area contributed by atoms with E-state index in [1.54, 1.807) is 0 Å². The Bertz CT molecular complexity index is 806. The molecule has 1 aromatic rings. The molecular weight excluding hydrogens is 392 g/mol. The van der Waals surface area contributed by atoms with E-state index >= 15 is 0 Å². The summed E-state index contributed by atoms with van der Waals surface area (Å²) in [7, 11) is 0. The van der Waals surface area contributed by atoms with E-state index in [-0.39, 0.29) is 0 Å². The average molecular weight is 425 g/mol. The van der Waals surface area contributed by atoms with Crippen LogP contribution >= 0.6 is 12.2 Å². The minimum atomic E-state index is 0.490. The molecule has 0 spiro atoms. The monoisotopic (exact) mass is 424 g/mol. The summed E-state index contributed by atoms with van der Waals surface area (Å²) >= 11 is 5.45. The Hall–Kier alpha value is -2.18. The molecule has 2 aliphatic carbocycles. The first-order valence-corrected chi connectivity index (χ1v) is 11.6. The zero-order valence-corrected chi connectivity index (χ0v) is 18.4. The second-order valence-corrected chi connectivity index (χ2v) is 8.64. The van der Waals surface area contributed by atoms with Crippen LogP contribution in [0.5, 0.6) is 0 Å². The Kier molecular flexibility index (Phi) is 7.54. The second kappa shape index (κ2) is 10.7. The summed E-state index contributed by atoms with van der Waals surface area (Å²) in [6.45, 7) is 3.40. The topological polar surface area (TPSA) is 48.9 Å². The van der Waals surface area contributed by atoms with Crippen LogP contribution in [0, 0.1) is 0 Å². The molecule has 2 fully saturated rings. The quantitative estimate of drug-likeness (QED) is 0.421. The van der Waals surface area contributed by atoms with Crippen molar-refractivity contribution in [1.82, 2.24) is 15.6 Å². The molecule has 2 N–H and O–H groups in total. The third-order valence-electron chi connectivity index (χ3n) is 6.07. The van der Waals surface area contributed by atoms with Crippen LogP contribution in [-0.2, 0) is 4.74 Å². The average Bonchev–Trinajstić information content (AvgIpc) is 3.18. The maximum Gasteiger partial charge on any atom is 0.187 e. The highest BCUT2D eigenvalue weighted by Gasteiger charge is 2.25. The van der Waals surface area contributed by atoms with Crippen LogP contribution in [0.1, 0.15) is 50.5 Å². The van der Waals surface area contributed by atoms with E-state index in [2.05, 4.69) is 57.2 Å². The van der Waals surface area contributed by atoms with Gasteiger partial charge in [0.05, 0.1) is 19.4 Å². The highest BCUT2D eigenvalue weighted by atomic mass is 32.1. The third-order valence-corrected chi connectivity index (χ3v) is 6.28. The molecule has 0 amide bonds. The van der Waals surface area contributed by atoms with Crippen LogP contribution in [0.15, 0.2) is 52.3 Å². The Morgan fingerprint density at radius 2 is 1.83 bits per heavy atom. The van der Waals surface area contributed by atoms with Crippen LogP contribution in [0.2, 0.25) is 0 Å². The summed E-state index contributed by atoms with van der Waals surface area (Å²) in [6, 6.07) is 11.0. The van der Waals surface area contributed by atoms with E-state index in [9.17, 15) is 0 Å². The SMILES string of the molecule is S=C(NN=CC1=C(N2CCOCC2)C(=Cc2ccccc2)CC1)NC1CCCCC1. The predicted molar refractivity (Wildman–Crippen MR) is 127 cm³/mol. The molecule has 6 heteroatoms. The fourth-order valence-electron chi connectivity index (χ4n) is 4.56. The Labute approximate surface area is 185 Å². The largest absolute Gasteiger partial charge is 0.378 e. The molecule has 160 valence electrons. The number of morpholine rings is 1. The smallest absolute Gasteiger partial charge is 0.187 e. The zero-order chi connectivity index (χ0) is 20.6. The van der Waals surface area contributed by atoms with E-state index < -0.39 is 0 Å². The van der Waals surface area contributed by atoms with E-state index in [0.29, 0.717) is 11.2 Å². The van der Waals surface area contributed by atoms with Crippen LogP contribution in [-0.4, -0.2) is 48.6 Å². The third kappa shape index (κ3) is 5.70. The molecular formula is C24H32N4OS. The van der Waals surface area contributed by atoms with Crippen molar-refractivity contribution in [2.45, 2.75) is 51.0 Å². The molecule has 0 atom stereocenters. The lowest BCUT2D eigenvalue weighted by atomic mass is 9.96. The van der Waals surface area contributed by atoms with Gasteiger partial charge in [0.1, 0.15) is 0 Å². The van der Waals surface area contributed by atoms with Crippen molar-refractivity contribution in [3.05, 3.63) is 52.7 Å². The van der Waals surface area contributed by atoms with Gasteiger partial charge in [-0.1, -0.05) is 49.6 Å². The second-order valence-electron chi connectivity index (χ2n) is 8.23. The standard InChI is InChI=1S/C24H32N4OS/c30-24(26-22-9-5-2-6-10-22)27-25-18-21-12-11-20(17-19-7-3-1-4-8-19)23(21)28-13-15-29-16-14-28/h1,3-4,7-8,17-18,22H,2,5-6,9-16H2,(H2,26,27,30). The molecule has 0 aromatic heterocycles. The number of nitrogens with one attached hydrogen (secondary N) is 2. The molecule has 4 rings (SSSR count). The maximum absolute atomic E-state index is 5.58. The fraction of sp³-hybridized carbons (Fsp3) is 0.500. The van der Waals surface area contributed by atoms with Crippen LogP contribution < -0.4 is 10.7 Å². The Morgan fingerprint density at radius 1 is 1.07 bits per heavy atom. The lowest BCUT2D eigenvalue weighted by molar-refractivity contribution is 0.0548. The van der Waals surface area contributed by atoms with Crippen molar-refractivity contribution in [2.24, 2.45) is 5.10 Å². The van der Waals surface area contributed by atoms with Gasteiger partial charge in [0.25, 0.3) is 0 Å². The molecule has 3 aliphatic rings. The lowest BCUT2D eigenvalue weighted by Crippen LogP contribution is -2.40. The van der Waals surface area contributed by atoms with Crippen molar-refractivity contribution in [1.29, 1.82) is 0 Å². The number of hydrazone groups is 1. The highest BCUT2D eigenvalue weighted by molar-refractivity contribution is 7.80. The predicted octanol–water partition coefficient (Wildman–Crippen LogP) is 4.23. The van der Waals surface area contributed by atoms with Crippen molar-refractivity contribution in [3.8, 4) is 0 Å². The van der Waals surface area contributed by atoms with Gasteiger partial charge < -0.3 is 15.0 Å².